The molecule has 0 saturated heterocycles. The molecule has 0 bridgehead atoms. The maximum Gasteiger partial charge on any atom is 0.344 e. The summed E-state index contributed by atoms with van der Waals surface area (Å²) in [5, 5.41) is 8.82. The standard InChI is InChI=1S/C17H15NO4/c1-12(17(20)21)22-15-6-2-5-14(10-15)16(19)8-7-13-4-3-9-18-11-13/h2-12H,1H3,(H,20,21). The van der Waals surface area contributed by atoms with Gasteiger partial charge in [-0.15, -0.1) is 0 Å². The van der Waals surface area contributed by atoms with Crippen molar-refractivity contribution in [1.29, 1.82) is 0 Å². The number of benzene rings is 1. The number of carbonyl (C=O) groups is 2. The number of ether oxygens (including phenoxy) is 1. The van der Waals surface area contributed by atoms with Crippen molar-refractivity contribution in [3.63, 3.8) is 0 Å². The number of hydrogen-bond acceptors (Lipinski definition) is 4. The van der Waals surface area contributed by atoms with Crippen LogP contribution in [0.1, 0.15) is 22.8 Å². The minimum atomic E-state index is -1.06. The van der Waals surface area contributed by atoms with Crippen molar-refractivity contribution in [2.45, 2.75) is 13.0 Å². The molecular formula is C17H15NO4. The van der Waals surface area contributed by atoms with E-state index in [9.17, 15) is 9.59 Å². The number of pyridine rings is 1. The first-order valence-corrected chi connectivity index (χ1v) is 6.68. The van der Waals surface area contributed by atoms with Gasteiger partial charge >= 0.3 is 5.97 Å². The van der Waals surface area contributed by atoms with E-state index in [4.69, 9.17) is 9.84 Å². The van der Waals surface area contributed by atoms with Crippen molar-refractivity contribution in [1.82, 2.24) is 4.98 Å². The second kappa shape index (κ2) is 7.17. The van der Waals surface area contributed by atoms with E-state index >= 15 is 0 Å². The zero-order valence-corrected chi connectivity index (χ0v) is 12.0. The van der Waals surface area contributed by atoms with Crippen LogP contribution >= 0.6 is 0 Å². The number of carbonyl (C=O) groups excluding carboxylic acids is 1. The summed E-state index contributed by atoms with van der Waals surface area (Å²) in [7, 11) is 0. The van der Waals surface area contributed by atoms with Crippen LogP contribution < -0.4 is 4.74 Å². The van der Waals surface area contributed by atoms with Crippen LogP contribution in [0.3, 0.4) is 0 Å². The normalized spacial score (nSPS) is 12.0. The average molecular weight is 297 g/mol. The van der Waals surface area contributed by atoms with Crippen LogP contribution in [0, 0.1) is 0 Å². The summed E-state index contributed by atoms with van der Waals surface area (Å²) in [6, 6.07) is 10.1. The first kappa shape index (κ1) is 15.4. The number of rotatable bonds is 6. The molecular weight excluding hydrogens is 282 g/mol. The Labute approximate surface area is 127 Å². The Kier molecular flexibility index (Phi) is 5.03. The quantitative estimate of drug-likeness (QED) is 0.655. The van der Waals surface area contributed by atoms with Crippen LogP contribution in [0.25, 0.3) is 6.08 Å². The van der Waals surface area contributed by atoms with E-state index in [0.717, 1.165) is 5.56 Å². The second-order valence-corrected chi connectivity index (χ2v) is 4.61. The Hall–Kier alpha value is -2.95. The Morgan fingerprint density at radius 2 is 2.09 bits per heavy atom. The lowest BCUT2D eigenvalue weighted by atomic mass is 10.1. The molecule has 5 heteroatoms. The zero-order valence-electron chi connectivity index (χ0n) is 12.0. The van der Waals surface area contributed by atoms with E-state index in [1.165, 1.54) is 19.1 Å². The fourth-order valence-electron chi connectivity index (χ4n) is 1.72. The molecule has 0 aliphatic rings. The topological polar surface area (TPSA) is 76.5 Å². The van der Waals surface area contributed by atoms with Crippen LogP contribution in [0.5, 0.6) is 5.75 Å². The molecule has 1 atom stereocenters. The Bertz CT molecular complexity index is 695. The number of carboxylic acids is 1. The first-order chi connectivity index (χ1) is 10.6. The van der Waals surface area contributed by atoms with Gasteiger partial charge in [0, 0.05) is 18.0 Å². The van der Waals surface area contributed by atoms with Crippen LogP contribution in [0.2, 0.25) is 0 Å². The fourth-order valence-corrected chi connectivity index (χ4v) is 1.72. The highest BCUT2D eigenvalue weighted by molar-refractivity contribution is 6.07. The predicted octanol–water partition coefficient (Wildman–Crippen LogP) is 2.83. The number of ketones is 1. The van der Waals surface area contributed by atoms with Crippen molar-refractivity contribution in [3.8, 4) is 5.75 Å². The van der Waals surface area contributed by atoms with E-state index in [-0.39, 0.29) is 5.78 Å². The molecule has 1 unspecified atom stereocenters. The van der Waals surface area contributed by atoms with Gasteiger partial charge in [0.25, 0.3) is 0 Å². The average Bonchev–Trinajstić information content (AvgIpc) is 2.53. The number of carboxylic acid groups (broad SMARTS) is 1. The third kappa shape index (κ3) is 4.28. The van der Waals surface area contributed by atoms with Gasteiger partial charge in [0.2, 0.25) is 0 Å². The second-order valence-electron chi connectivity index (χ2n) is 4.61. The van der Waals surface area contributed by atoms with E-state index < -0.39 is 12.1 Å². The van der Waals surface area contributed by atoms with Crippen molar-refractivity contribution < 1.29 is 19.4 Å². The molecule has 112 valence electrons. The molecule has 0 spiro atoms. The van der Waals surface area contributed by atoms with Gasteiger partial charge in [-0.1, -0.05) is 18.2 Å². The number of nitrogens with zero attached hydrogens (tertiary/aromatic N) is 1. The number of allylic oxidation sites excluding steroid dienone is 1. The summed E-state index contributed by atoms with van der Waals surface area (Å²) in [6.07, 6.45) is 5.44. The Morgan fingerprint density at radius 3 is 2.77 bits per heavy atom. The van der Waals surface area contributed by atoms with Gasteiger partial charge in [0.15, 0.2) is 11.9 Å². The summed E-state index contributed by atoms with van der Waals surface area (Å²) in [4.78, 5) is 26.8. The van der Waals surface area contributed by atoms with E-state index in [1.54, 1.807) is 42.7 Å². The van der Waals surface area contributed by atoms with Gasteiger partial charge in [-0.3, -0.25) is 9.78 Å². The summed E-state index contributed by atoms with van der Waals surface area (Å²) in [5.74, 6) is -0.916. The summed E-state index contributed by atoms with van der Waals surface area (Å²) >= 11 is 0. The molecule has 0 fully saturated rings. The van der Waals surface area contributed by atoms with Crippen LogP contribution in [-0.4, -0.2) is 27.9 Å². The molecule has 22 heavy (non-hydrogen) atoms. The molecule has 1 aromatic carbocycles. The van der Waals surface area contributed by atoms with E-state index in [1.807, 2.05) is 6.07 Å². The van der Waals surface area contributed by atoms with Crippen molar-refractivity contribution in [2.24, 2.45) is 0 Å². The molecule has 0 saturated carbocycles. The van der Waals surface area contributed by atoms with Gasteiger partial charge in [0.1, 0.15) is 5.75 Å². The third-order valence-electron chi connectivity index (χ3n) is 2.89. The molecule has 0 aliphatic carbocycles. The molecule has 1 N–H and O–H groups in total. The maximum atomic E-state index is 12.1. The van der Waals surface area contributed by atoms with Gasteiger partial charge in [-0.25, -0.2) is 4.79 Å². The van der Waals surface area contributed by atoms with Crippen molar-refractivity contribution in [2.75, 3.05) is 0 Å². The van der Waals surface area contributed by atoms with Gasteiger partial charge in [-0.2, -0.15) is 0 Å². The van der Waals surface area contributed by atoms with Crippen LogP contribution in [0.15, 0.2) is 54.9 Å². The monoisotopic (exact) mass is 297 g/mol. The summed E-state index contributed by atoms with van der Waals surface area (Å²) in [6.45, 7) is 1.43. The first-order valence-electron chi connectivity index (χ1n) is 6.68. The van der Waals surface area contributed by atoms with E-state index in [0.29, 0.717) is 11.3 Å². The van der Waals surface area contributed by atoms with Crippen molar-refractivity contribution in [3.05, 3.63) is 66.0 Å². The number of aliphatic carboxylic acids is 1. The van der Waals surface area contributed by atoms with Crippen LogP contribution in [0.4, 0.5) is 0 Å². The predicted molar refractivity (Wildman–Crippen MR) is 81.8 cm³/mol. The highest BCUT2D eigenvalue weighted by Gasteiger charge is 2.13. The summed E-state index contributed by atoms with van der Waals surface area (Å²) in [5.41, 5.74) is 1.25. The lowest BCUT2D eigenvalue weighted by Crippen LogP contribution is -2.22. The van der Waals surface area contributed by atoms with Gasteiger partial charge in [0.05, 0.1) is 0 Å². The molecule has 0 aliphatic heterocycles. The van der Waals surface area contributed by atoms with E-state index in [2.05, 4.69) is 4.98 Å². The number of aromatic nitrogens is 1. The summed E-state index contributed by atoms with van der Waals surface area (Å²) < 4.78 is 5.24. The minimum absolute atomic E-state index is 0.197. The molecule has 2 rings (SSSR count). The van der Waals surface area contributed by atoms with Crippen molar-refractivity contribution >= 4 is 17.8 Å². The lowest BCUT2D eigenvalue weighted by Gasteiger charge is -2.10. The Balaban J connectivity index is 2.10. The largest absolute Gasteiger partial charge is 0.479 e. The molecule has 0 radical (unpaired) electrons. The smallest absolute Gasteiger partial charge is 0.344 e. The molecule has 1 aromatic heterocycles. The molecule has 5 nitrogen and oxygen atoms in total. The maximum absolute atomic E-state index is 12.1. The minimum Gasteiger partial charge on any atom is -0.479 e. The van der Waals surface area contributed by atoms with Gasteiger partial charge < -0.3 is 9.84 Å². The fraction of sp³-hybridized carbons (Fsp3) is 0.118. The zero-order chi connectivity index (χ0) is 15.9. The number of hydrogen-bond donors (Lipinski definition) is 1. The third-order valence-corrected chi connectivity index (χ3v) is 2.89. The molecule has 2 aromatic rings. The molecule has 1 heterocycles. The highest BCUT2D eigenvalue weighted by Crippen LogP contribution is 2.16. The highest BCUT2D eigenvalue weighted by atomic mass is 16.5. The van der Waals surface area contributed by atoms with Gasteiger partial charge in [-0.05, 0) is 42.8 Å². The molecule has 0 amide bonds. The SMILES string of the molecule is CC(Oc1cccc(C(=O)C=Cc2cccnc2)c1)C(=O)O. The van der Waals surface area contributed by atoms with Crippen LogP contribution in [-0.2, 0) is 4.79 Å². The Morgan fingerprint density at radius 1 is 1.27 bits per heavy atom. The lowest BCUT2D eigenvalue weighted by molar-refractivity contribution is -0.144.